The lowest BCUT2D eigenvalue weighted by Crippen LogP contribution is -2.27. The molecule has 2 N–H and O–H groups in total. The smallest absolute Gasteiger partial charge is 0.182 e. The van der Waals surface area contributed by atoms with Crippen LogP contribution in [0.4, 0.5) is 4.39 Å². The third-order valence-electron chi connectivity index (χ3n) is 1.90. The van der Waals surface area contributed by atoms with E-state index in [9.17, 15) is 9.18 Å². The van der Waals surface area contributed by atoms with Gasteiger partial charge >= 0.3 is 0 Å². The molecule has 0 saturated heterocycles. The summed E-state index contributed by atoms with van der Waals surface area (Å²) in [6, 6.07) is 2.39. The van der Waals surface area contributed by atoms with Gasteiger partial charge in [0.05, 0.1) is 11.6 Å². The molecule has 0 aromatic heterocycles. The van der Waals surface area contributed by atoms with Crippen molar-refractivity contribution in [2.24, 2.45) is 5.73 Å². The van der Waals surface area contributed by atoms with Crippen molar-refractivity contribution in [2.45, 2.75) is 19.9 Å². The molecule has 0 saturated carbocycles. The van der Waals surface area contributed by atoms with Crippen LogP contribution in [0.3, 0.4) is 0 Å². The predicted octanol–water partition coefficient (Wildman–Crippen LogP) is 2.43. The van der Waals surface area contributed by atoms with E-state index < -0.39 is 11.9 Å². The Kier molecular flexibility index (Phi) is 3.39. The van der Waals surface area contributed by atoms with Gasteiger partial charge in [-0.1, -0.05) is 15.9 Å². The maximum absolute atomic E-state index is 13.5. The number of carbonyl (C=O) groups excluding carboxylic acids is 1. The number of hydrogen-bond donors (Lipinski definition) is 1. The number of hydrogen-bond acceptors (Lipinski definition) is 2. The number of aryl methyl sites for hydroxylation is 1. The number of ketones is 1. The fraction of sp³-hybridized carbons (Fsp3) is 0.300. The first kappa shape index (κ1) is 11.3. The van der Waals surface area contributed by atoms with E-state index in [0.717, 1.165) is 0 Å². The predicted molar refractivity (Wildman–Crippen MR) is 56.8 cm³/mol. The van der Waals surface area contributed by atoms with Crippen molar-refractivity contribution >= 4 is 21.7 Å². The van der Waals surface area contributed by atoms with Gasteiger partial charge in [0, 0.05) is 4.47 Å². The highest BCUT2D eigenvalue weighted by molar-refractivity contribution is 9.10. The second kappa shape index (κ2) is 4.19. The van der Waals surface area contributed by atoms with E-state index in [0.29, 0.717) is 10.0 Å². The topological polar surface area (TPSA) is 43.1 Å². The number of rotatable bonds is 2. The van der Waals surface area contributed by atoms with Crippen molar-refractivity contribution < 1.29 is 9.18 Å². The highest BCUT2D eigenvalue weighted by Crippen LogP contribution is 2.20. The molecule has 1 rings (SSSR count). The van der Waals surface area contributed by atoms with E-state index in [-0.39, 0.29) is 11.3 Å². The summed E-state index contributed by atoms with van der Waals surface area (Å²) < 4.78 is 14.2. The van der Waals surface area contributed by atoms with Crippen molar-refractivity contribution in [1.82, 2.24) is 0 Å². The largest absolute Gasteiger partial charge is 0.321 e. The van der Waals surface area contributed by atoms with Crippen molar-refractivity contribution in [1.29, 1.82) is 0 Å². The molecular weight excluding hydrogens is 249 g/mol. The van der Waals surface area contributed by atoms with Gasteiger partial charge in [0.25, 0.3) is 0 Å². The van der Waals surface area contributed by atoms with Gasteiger partial charge in [-0.2, -0.15) is 0 Å². The highest BCUT2D eigenvalue weighted by Gasteiger charge is 2.17. The summed E-state index contributed by atoms with van der Waals surface area (Å²) in [4.78, 5) is 11.5. The van der Waals surface area contributed by atoms with Crippen LogP contribution in [0.25, 0.3) is 0 Å². The van der Waals surface area contributed by atoms with E-state index in [2.05, 4.69) is 15.9 Å². The Labute approximate surface area is 90.4 Å². The van der Waals surface area contributed by atoms with Crippen LogP contribution in [0.1, 0.15) is 22.8 Å². The molecule has 0 heterocycles. The molecule has 4 heteroatoms. The molecule has 1 aromatic carbocycles. The fourth-order valence-corrected chi connectivity index (χ4v) is 1.72. The fourth-order valence-electron chi connectivity index (χ4n) is 1.15. The molecule has 1 unspecified atom stereocenters. The van der Waals surface area contributed by atoms with Crippen LogP contribution < -0.4 is 5.73 Å². The Morgan fingerprint density at radius 2 is 2.14 bits per heavy atom. The molecule has 2 nitrogen and oxygen atoms in total. The zero-order valence-electron chi connectivity index (χ0n) is 7.97. The lowest BCUT2D eigenvalue weighted by molar-refractivity contribution is 0.0963. The maximum Gasteiger partial charge on any atom is 0.182 e. The van der Waals surface area contributed by atoms with Crippen LogP contribution in [0.5, 0.6) is 0 Å². The average Bonchev–Trinajstić information content (AvgIpc) is 2.09. The summed E-state index contributed by atoms with van der Waals surface area (Å²) in [7, 11) is 0. The molecule has 0 aliphatic carbocycles. The number of Topliss-reactive ketones (excluding diaryl/α,β-unsaturated/α-hetero) is 1. The minimum absolute atomic E-state index is 0.0480. The Balaban J connectivity index is 3.27. The maximum atomic E-state index is 13.5. The van der Waals surface area contributed by atoms with E-state index in [1.165, 1.54) is 13.0 Å². The summed E-state index contributed by atoms with van der Waals surface area (Å²) in [5.41, 5.74) is 5.89. The van der Waals surface area contributed by atoms with Gasteiger partial charge in [0.2, 0.25) is 0 Å². The third kappa shape index (κ3) is 2.19. The van der Waals surface area contributed by atoms with Crippen molar-refractivity contribution in [2.75, 3.05) is 0 Å². The van der Waals surface area contributed by atoms with Crippen LogP contribution in [-0.4, -0.2) is 11.8 Å². The van der Waals surface area contributed by atoms with Gasteiger partial charge in [-0.05, 0) is 31.5 Å². The monoisotopic (exact) mass is 259 g/mol. The zero-order valence-corrected chi connectivity index (χ0v) is 9.56. The number of carbonyl (C=O) groups is 1. The van der Waals surface area contributed by atoms with Crippen molar-refractivity contribution in [3.05, 3.63) is 33.5 Å². The normalized spacial score (nSPS) is 12.6. The summed E-state index contributed by atoms with van der Waals surface area (Å²) in [6.07, 6.45) is 0. The zero-order chi connectivity index (χ0) is 10.9. The highest BCUT2D eigenvalue weighted by atomic mass is 79.9. The quantitative estimate of drug-likeness (QED) is 0.830. The third-order valence-corrected chi connectivity index (χ3v) is 2.36. The first-order valence-corrected chi connectivity index (χ1v) is 4.98. The number of benzene rings is 1. The summed E-state index contributed by atoms with van der Waals surface area (Å²) in [5.74, 6) is -0.873. The summed E-state index contributed by atoms with van der Waals surface area (Å²) in [6.45, 7) is 3.15. The summed E-state index contributed by atoms with van der Waals surface area (Å²) in [5, 5.41) is 0. The van der Waals surface area contributed by atoms with E-state index in [1.54, 1.807) is 13.0 Å². The average molecular weight is 260 g/mol. The Hall–Kier alpha value is -0.740. The van der Waals surface area contributed by atoms with Crippen LogP contribution in [0, 0.1) is 12.7 Å². The van der Waals surface area contributed by atoms with E-state index in [4.69, 9.17) is 5.73 Å². The molecular formula is C10H11BrFNO. The van der Waals surface area contributed by atoms with Crippen LogP contribution in [0.15, 0.2) is 16.6 Å². The van der Waals surface area contributed by atoms with Gasteiger partial charge in [-0.15, -0.1) is 0 Å². The second-order valence-electron chi connectivity index (χ2n) is 3.24. The van der Waals surface area contributed by atoms with Crippen LogP contribution in [0.2, 0.25) is 0 Å². The SMILES string of the molecule is Cc1cc(Br)cc(C(=O)C(C)N)c1F. The van der Waals surface area contributed by atoms with E-state index in [1.807, 2.05) is 0 Å². The molecule has 0 fully saturated rings. The Morgan fingerprint density at radius 3 is 2.64 bits per heavy atom. The van der Waals surface area contributed by atoms with Gasteiger partial charge in [-0.25, -0.2) is 4.39 Å². The molecule has 14 heavy (non-hydrogen) atoms. The molecule has 1 aromatic rings. The minimum atomic E-state index is -0.682. The van der Waals surface area contributed by atoms with Crippen molar-refractivity contribution in [3.8, 4) is 0 Å². The van der Waals surface area contributed by atoms with Gasteiger partial charge in [-0.3, -0.25) is 4.79 Å². The molecule has 1 atom stereocenters. The first-order chi connectivity index (χ1) is 6.43. The lowest BCUT2D eigenvalue weighted by atomic mass is 10.0. The van der Waals surface area contributed by atoms with Gasteiger partial charge < -0.3 is 5.73 Å². The molecule has 0 aliphatic heterocycles. The Morgan fingerprint density at radius 1 is 1.57 bits per heavy atom. The van der Waals surface area contributed by atoms with E-state index >= 15 is 0 Å². The molecule has 76 valence electrons. The second-order valence-corrected chi connectivity index (χ2v) is 4.15. The molecule has 0 radical (unpaired) electrons. The molecule has 0 bridgehead atoms. The molecule has 0 spiro atoms. The minimum Gasteiger partial charge on any atom is -0.321 e. The number of nitrogens with two attached hydrogens (primary N) is 1. The van der Waals surface area contributed by atoms with Crippen molar-refractivity contribution in [3.63, 3.8) is 0 Å². The summed E-state index contributed by atoms with van der Waals surface area (Å²) >= 11 is 3.20. The van der Waals surface area contributed by atoms with Gasteiger partial charge in [0.1, 0.15) is 5.82 Å². The molecule has 0 aliphatic rings. The van der Waals surface area contributed by atoms with Crippen LogP contribution >= 0.6 is 15.9 Å². The lowest BCUT2D eigenvalue weighted by Gasteiger charge is -2.08. The standard InChI is InChI=1S/C10H11BrFNO/c1-5-3-7(11)4-8(9(5)12)10(14)6(2)13/h3-4,6H,13H2,1-2H3. The molecule has 0 amide bonds. The Bertz CT molecular complexity index is 377. The van der Waals surface area contributed by atoms with Gasteiger partial charge in [0.15, 0.2) is 5.78 Å². The van der Waals surface area contributed by atoms with Crippen LogP contribution in [-0.2, 0) is 0 Å². The number of halogens is 2. The first-order valence-electron chi connectivity index (χ1n) is 4.19.